The van der Waals surface area contributed by atoms with Crippen LogP contribution in [-0.4, -0.2) is 62.0 Å². The Balaban J connectivity index is 2.82. The van der Waals surface area contributed by atoms with Crippen LogP contribution < -0.4 is 5.32 Å². The van der Waals surface area contributed by atoms with Crippen molar-refractivity contribution in [1.82, 2.24) is 10.2 Å². The van der Waals surface area contributed by atoms with Gasteiger partial charge >= 0.3 is 11.9 Å². The summed E-state index contributed by atoms with van der Waals surface area (Å²) in [4.78, 5) is 53.1. The third-order valence-corrected chi connectivity index (χ3v) is 8.26. The van der Waals surface area contributed by atoms with Crippen molar-refractivity contribution < 1.29 is 28.7 Å². The van der Waals surface area contributed by atoms with Gasteiger partial charge in [0.2, 0.25) is 11.8 Å². The monoisotopic (exact) mass is 538 g/mol. The van der Waals surface area contributed by atoms with Crippen LogP contribution >= 0.6 is 0 Å². The van der Waals surface area contributed by atoms with Gasteiger partial charge in [0.15, 0.2) is 0 Å². The fourth-order valence-corrected chi connectivity index (χ4v) is 5.45. The van der Waals surface area contributed by atoms with Gasteiger partial charge in [0.1, 0.15) is 6.61 Å². The maximum Gasteiger partial charge on any atom is 0.311 e. The van der Waals surface area contributed by atoms with Gasteiger partial charge < -0.3 is 19.7 Å². The molecule has 4 atom stereocenters. The lowest BCUT2D eigenvalue weighted by Crippen LogP contribution is -2.45. The Kier molecular flexibility index (Phi) is 15.0. The molecule has 1 aliphatic heterocycles. The maximum atomic E-state index is 13.3. The number of amides is 2. The van der Waals surface area contributed by atoms with Gasteiger partial charge in [-0.3, -0.25) is 19.2 Å². The minimum Gasteiger partial charge on any atom is -0.465 e. The van der Waals surface area contributed by atoms with E-state index in [9.17, 15) is 19.2 Å². The molecular weight excluding hydrogens is 484 g/mol. The summed E-state index contributed by atoms with van der Waals surface area (Å²) in [5.74, 6) is -1.00. The van der Waals surface area contributed by atoms with Gasteiger partial charge in [0, 0.05) is 25.4 Å². The number of unbranched alkanes of at least 4 members (excludes halogenated alkanes) is 1. The largest absolute Gasteiger partial charge is 0.465 e. The lowest BCUT2D eigenvalue weighted by molar-refractivity contribution is -0.160. The highest BCUT2D eigenvalue weighted by atomic mass is 16.5. The Morgan fingerprint density at radius 1 is 1.05 bits per heavy atom. The minimum absolute atomic E-state index is 0.111. The molecule has 2 amide bonds. The van der Waals surface area contributed by atoms with Gasteiger partial charge in [-0.2, -0.15) is 0 Å². The standard InChI is InChI=1S/C30H54N2O6/c1-8-11-15-24(9-2)21-38-28(36)29(5,10-3)22-30(6,27(35)31-7)20-23(4)26(34)37-19-18-32-17-14-12-13-16-25(32)33/h23-24H,8-22H2,1-7H3,(H,31,35). The van der Waals surface area contributed by atoms with Gasteiger partial charge in [-0.05, 0) is 51.4 Å². The van der Waals surface area contributed by atoms with Crippen LogP contribution in [0.15, 0.2) is 0 Å². The van der Waals surface area contributed by atoms with Crippen LogP contribution in [0.1, 0.15) is 112 Å². The summed E-state index contributed by atoms with van der Waals surface area (Å²) < 4.78 is 11.3. The van der Waals surface area contributed by atoms with Crippen molar-refractivity contribution in [2.24, 2.45) is 22.7 Å². The zero-order valence-electron chi connectivity index (χ0n) is 25.2. The number of ether oxygens (including phenoxy) is 2. The zero-order valence-corrected chi connectivity index (χ0v) is 25.2. The van der Waals surface area contributed by atoms with E-state index in [1.165, 1.54) is 0 Å². The number of hydrogen-bond acceptors (Lipinski definition) is 6. The quantitative estimate of drug-likeness (QED) is 0.253. The molecule has 1 aliphatic rings. The number of carbonyl (C=O) groups excluding carboxylic acids is 4. The Hall–Kier alpha value is -2.12. The summed E-state index contributed by atoms with van der Waals surface area (Å²) in [5, 5.41) is 2.73. The summed E-state index contributed by atoms with van der Waals surface area (Å²) in [5.41, 5.74) is -1.83. The van der Waals surface area contributed by atoms with E-state index in [-0.39, 0.29) is 37.2 Å². The SMILES string of the molecule is CCCCC(CC)COC(=O)C(C)(CC)CC(C)(CC(C)C(=O)OCCN1CCCCCC1=O)C(=O)NC. The van der Waals surface area contributed by atoms with Crippen molar-refractivity contribution in [2.75, 3.05) is 33.4 Å². The average molecular weight is 539 g/mol. The lowest BCUT2D eigenvalue weighted by Gasteiger charge is -2.37. The third kappa shape index (κ3) is 10.6. The van der Waals surface area contributed by atoms with Crippen molar-refractivity contribution in [3.63, 3.8) is 0 Å². The first kappa shape index (κ1) is 33.9. The molecule has 38 heavy (non-hydrogen) atoms. The number of hydrogen-bond donors (Lipinski definition) is 1. The molecule has 1 fully saturated rings. The Labute approximate surface area is 230 Å². The molecule has 8 nitrogen and oxygen atoms in total. The van der Waals surface area contributed by atoms with Gasteiger partial charge in [-0.1, -0.05) is 60.3 Å². The maximum absolute atomic E-state index is 13.3. The fraction of sp³-hybridized carbons (Fsp3) is 0.867. The summed E-state index contributed by atoms with van der Waals surface area (Å²) in [6, 6.07) is 0. The van der Waals surface area contributed by atoms with Crippen LogP contribution in [0.3, 0.4) is 0 Å². The summed E-state index contributed by atoms with van der Waals surface area (Å²) in [7, 11) is 1.57. The highest BCUT2D eigenvalue weighted by Gasteiger charge is 2.46. The molecule has 0 saturated carbocycles. The normalized spacial score (nSPS) is 18.9. The van der Waals surface area contributed by atoms with E-state index in [4.69, 9.17) is 9.47 Å². The van der Waals surface area contributed by atoms with Crippen LogP contribution in [0.4, 0.5) is 0 Å². The summed E-state index contributed by atoms with van der Waals surface area (Å²) >= 11 is 0. The van der Waals surface area contributed by atoms with Crippen LogP contribution in [0, 0.1) is 22.7 Å². The van der Waals surface area contributed by atoms with Crippen LogP contribution in [-0.2, 0) is 28.7 Å². The highest BCUT2D eigenvalue weighted by Crippen LogP contribution is 2.42. The van der Waals surface area contributed by atoms with E-state index in [2.05, 4.69) is 19.2 Å². The third-order valence-electron chi connectivity index (χ3n) is 8.26. The van der Waals surface area contributed by atoms with Gasteiger partial charge in [0.25, 0.3) is 0 Å². The number of carbonyl (C=O) groups is 4. The molecule has 8 heteroatoms. The first-order valence-corrected chi connectivity index (χ1v) is 14.8. The van der Waals surface area contributed by atoms with Crippen molar-refractivity contribution in [1.29, 1.82) is 0 Å². The second-order valence-electron chi connectivity index (χ2n) is 11.7. The van der Waals surface area contributed by atoms with E-state index in [1.54, 1.807) is 18.9 Å². The van der Waals surface area contributed by atoms with Crippen LogP contribution in [0.25, 0.3) is 0 Å². The zero-order chi connectivity index (χ0) is 28.8. The molecule has 0 aromatic heterocycles. The van der Waals surface area contributed by atoms with Crippen molar-refractivity contribution in [3.05, 3.63) is 0 Å². The molecule has 220 valence electrons. The van der Waals surface area contributed by atoms with Gasteiger partial charge in [-0.25, -0.2) is 0 Å². The molecule has 1 saturated heterocycles. The van der Waals surface area contributed by atoms with E-state index in [0.29, 0.717) is 38.5 Å². The smallest absolute Gasteiger partial charge is 0.311 e. The second-order valence-corrected chi connectivity index (χ2v) is 11.7. The lowest BCUT2D eigenvalue weighted by atomic mass is 9.67. The van der Waals surface area contributed by atoms with E-state index >= 15 is 0 Å². The molecule has 0 aliphatic carbocycles. The average Bonchev–Trinajstić information content (AvgIpc) is 3.11. The molecule has 1 rings (SSSR count). The Morgan fingerprint density at radius 3 is 2.37 bits per heavy atom. The minimum atomic E-state index is -0.968. The number of nitrogens with one attached hydrogen (secondary N) is 1. The molecule has 0 radical (unpaired) electrons. The van der Waals surface area contributed by atoms with Crippen molar-refractivity contribution in [3.8, 4) is 0 Å². The van der Waals surface area contributed by atoms with Crippen molar-refractivity contribution >= 4 is 23.8 Å². The van der Waals surface area contributed by atoms with Crippen LogP contribution in [0.2, 0.25) is 0 Å². The summed E-state index contributed by atoms with van der Waals surface area (Å²) in [6.07, 6.45) is 8.70. The molecule has 4 unspecified atom stereocenters. The highest BCUT2D eigenvalue weighted by molar-refractivity contribution is 5.85. The Bertz CT molecular complexity index is 772. The second kappa shape index (κ2) is 16.8. The first-order chi connectivity index (χ1) is 18.0. The van der Waals surface area contributed by atoms with E-state index < -0.39 is 22.7 Å². The molecule has 0 aromatic carbocycles. The predicted octanol–water partition coefficient (Wildman–Crippen LogP) is 5.28. The van der Waals surface area contributed by atoms with Crippen molar-refractivity contribution in [2.45, 2.75) is 112 Å². The predicted molar refractivity (Wildman–Crippen MR) is 149 cm³/mol. The molecule has 1 heterocycles. The number of likely N-dealkylation sites (tertiary alicyclic amines) is 1. The number of rotatable bonds is 17. The van der Waals surface area contributed by atoms with E-state index in [0.717, 1.165) is 44.9 Å². The summed E-state index contributed by atoms with van der Waals surface area (Å²) in [6.45, 7) is 13.2. The number of nitrogens with zero attached hydrogens (tertiary/aromatic N) is 1. The molecule has 0 bridgehead atoms. The van der Waals surface area contributed by atoms with Gasteiger partial charge in [-0.15, -0.1) is 0 Å². The fourth-order valence-electron chi connectivity index (χ4n) is 5.45. The topological polar surface area (TPSA) is 102 Å². The molecule has 0 spiro atoms. The first-order valence-electron chi connectivity index (χ1n) is 14.8. The molecular formula is C30H54N2O6. The van der Waals surface area contributed by atoms with E-state index in [1.807, 2.05) is 20.8 Å². The molecule has 0 aromatic rings. The molecule has 1 N–H and O–H groups in total. The Morgan fingerprint density at radius 2 is 1.76 bits per heavy atom. The number of esters is 2. The van der Waals surface area contributed by atoms with Crippen LogP contribution in [0.5, 0.6) is 0 Å². The van der Waals surface area contributed by atoms with Gasteiger partial charge in [0.05, 0.1) is 24.5 Å².